The van der Waals surface area contributed by atoms with Crippen LogP contribution in [0.3, 0.4) is 0 Å². The first-order valence-electron chi connectivity index (χ1n) is 5.30. The van der Waals surface area contributed by atoms with Crippen LogP contribution in [0.2, 0.25) is 0 Å². The second-order valence-electron chi connectivity index (χ2n) is 3.23. The molecule has 0 aliphatic rings. The van der Waals surface area contributed by atoms with Crippen LogP contribution in [0.1, 0.15) is 13.8 Å². The average Bonchev–Trinajstić information content (AvgIpc) is 2.38. The zero-order valence-corrected chi connectivity index (χ0v) is 10.4. The number of hydrazine groups is 1. The predicted octanol–water partition coefficient (Wildman–Crippen LogP) is -0.471. The Morgan fingerprint density at radius 3 is 2.61 bits per heavy atom. The predicted molar refractivity (Wildman–Crippen MR) is 63.9 cm³/mol. The normalized spacial score (nSPS) is 11.6. The van der Waals surface area contributed by atoms with Crippen LogP contribution in [0, 0.1) is 0 Å². The quantitative estimate of drug-likeness (QED) is 0.352. The van der Waals surface area contributed by atoms with Gasteiger partial charge in [0.25, 0.3) is 0 Å². The molecule has 100 valence electrons. The maximum absolute atomic E-state index is 11.4. The number of nitrogens with two attached hydrogens (primary N) is 1. The number of nitrogens with zero attached hydrogens (tertiary/aromatic N) is 3. The van der Waals surface area contributed by atoms with E-state index in [4.69, 9.17) is 15.3 Å². The van der Waals surface area contributed by atoms with Crippen LogP contribution in [0.5, 0.6) is 6.01 Å². The van der Waals surface area contributed by atoms with Crippen molar-refractivity contribution in [1.29, 1.82) is 0 Å². The van der Waals surface area contributed by atoms with Gasteiger partial charge in [-0.3, -0.25) is 5.43 Å². The van der Waals surface area contributed by atoms with Crippen LogP contribution in [0.25, 0.3) is 0 Å². The van der Waals surface area contributed by atoms with Gasteiger partial charge < -0.3 is 14.8 Å². The number of hydrogen-bond acceptors (Lipinski definition) is 9. The highest BCUT2D eigenvalue weighted by Gasteiger charge is 2.16. The molecule has 0 saturated heterocycles. The highest BCUT2D eigenvalue weighted by Crippen LogP contribution is 2.10. The van der Waals surface area contributed by atoms with Crippen molar-refractivity contribution in [3.63, 3.8) is 0 Å². The third kappa shape index (κ3) is 3.70. The smallest absolute Gasteiger partial charge is 0.328 e. The molecule has 0 aliphatic carbocycles. The number of nitrogens with one attached hydrogen (secondary N) is 2. The lowest BCUT2D eigenvalue weighted by atomic mass is 10.3. The summed E-state index contributed by atoms with van der Waals surface area (Å²) in [5.41, 5.74) is 2.27. The largest absolute Gasteiger partial charge is 0.467 e. The number of carbonyl (C=O) groups excluding carboxylic acids is 1. The van der Waals surface area contributed by atoms with E-state index in [9.17, 15) is 4.79 Å². The van der Waals surface area contributed by atoms with Crippen molar-refractivity contribution in [2.45, 2.75) is 19.9 Å². The Morgan fingerprint density at radius 1 is 1.39 bits per heavy atom. The minimum absolute atomic E-state index is 0.0801. The van der Waals surface area contributed by atoms with Crippen molar-refractivity contribution in [3.8, 4) is 6.01 Å². The maximum atomic E-state index is 11.4. The van der Waals surface area contributed by atoms with Crippen LogP contribution >= 0.6 is 0 Å². The van der Waals surface area contributed by atoms with E-state index in [0.29, 0.717) is 6.61 Å². The standard InChI is InChI=1S/C9H16N6O3/c1-4-18-6(16)5(2)11-7-12-8(15-10)14-9(13-7)17-3/h5H,4,10H2,1-3H3,(H2,11,12,13,14,15). The molecule has 0 bridgehead atoms. The fourth-order valence-electron chi connectivity index (χ4n) is 1.10. The molecule has 9 heteroatoms. The van der Waals surface area contributed by atoms with Gasteiger partial charge in [-0.05, 0) is 13.8 Å². The van der Waals surface area contributed by atoms with Crippen molar-refractivity contribution >= 4 is 17.9 Å². The van der Waals surface area contributed by atoms with Crippen molar-refractivity contribution in [3.05, 3.63) is 0 Å². The van der Waals surface area contributed by atoms with Gasteiger partial charge in [-0.2, -0.15) is 15.0 Å². The van der Waals surface area contributed by atoms with E-state index < -0.39 is 12.0 Å². The van der Waals surface area contributed by atoms with E-state index in [1.54, 1.807) is 13.8 Å². The van der Waals surface area contributed by atoms with Crippen LogP contribution in [-0.2, 0) is 9.53 Å². The molecule has 18 heavy (non-hydrogen) atoms. The number of aromatic nitrogens is 3. The molecule has 1 heterocycles. The summed E-state index contributed by atoms with van der Waals surface area (Å²) < 4.78 is 9.72. The molecule has 1 atom stereocenters. The number of carbonyl (C=O) groups is 1. The number of esters is 1. The molecule has 0 aromatic carbocycles. The highest BCUT2D eigenvalue weighted by atomic mass is 16.5. The molecule has 0 radical (unpaired) electrons. The van der Waals surface area contributed by atoms with Gasteiger partial charge in [-0.1, -0.05) is 0 Å². The monoisotopic (exact) mass is 256 g/mol. The summed E-state index contributed by atoms with van der Waals surface area (Å²) in [4.78, 5) is 23.1. The summed E-state index contributed by atoms with van der Waals surface area (Å²) >= 11 is 0. The fourth-order valence-corrected chi connectivity index (χ4v) is 1.10. The Hall–Kier alpha value is -2.16. The first-order valence-corrected chi connectivity index (χ1v) is 5.30. The summed E-state index contributed by atoms with van der Waals surface area (Å²) in [5, 5.41) is 2.76. The number of ether oxygens (including phenoxy) is 2. The van der Waals surface area contributed by atoms with Crippen LogP contribution in [0.15, 0.2) is 0 Å². The average molecular weight is 256 g/mol. The Bertz CT molecular complexity index is 391. The first kappa shape index (κ1) is 13.9. The van der Waals surface area contributed by atoms with E-state index in [1.807, 2.05) is 0 Å². The summed E-state index contributed by atoms with van der Waals surface area (Å²) in [6, 6.07) is -0.515. The minimum atomic E-state index is -0.595. The highest BCUT2D eigenvalue weighted by molar-refractivity contribution is 5.78. The lowest BCUT2D eigenvalue weighted by Gasteiger charge is -2.13. The SMILES string of the molecule is CCOC(=O)C(C)Nc1nc(NN)nc(OC)n1. The maximum Gasteiger partial charge on any atom is 0.328 e. The van der Waals surface area contributed by atoms with Crippen molar-refractivity contribution in [2.24, 2.45) is 5.84 Å². The van der Waals surface area contributed by atoms with Gasteiger partial charge in [0.15, 0.2) is 0 Å². The molecule has 0 aliphatic heterocycles. The van der Waals surface area contributed by atoms with E-state index >= 15 is 0 Å². The van der Waals surface area contributed by atoms with Crippen molar-refractivity contribution in [1.82, 2.24) is 15.0 Å². The van der Waals surface area contributed by atoms with Gasteiger partial charge in [-0.25, -0.2) is 10.6 Å². The van der Waals surface area contributed by atoms with E-state index in [1.165, 1.54) is 7.11 Å². The van der Waals surface area contributed by atoms with E-state index in [-0.39, 0.29) is 17.9 Å². The summed E-state index contributed by atoms with van der Waals surface area (Å²) in [6.07, 6.45) is 0. The van der Waals surface area contributed by atoms with Crippen LogP contribution in [0.4, 0.5) is 11.9 Å². The number of hydrogen-bond donors (Lipinski definition) is 3. The lowest BCUT2D eigenvalue weighted by Crippen LogP contribution is -2.29. The Kier molecular flexibility index (Phi) is 5.06. The molecular weight excluding hydrogens is 240 g/mol. The minimum Gasteiger partial charge on any atom is -0.467 e. The second-order valence-corrected chi connectivity index (χ2v) is 3.23. The topological polar surface area (TPSA) is 124 Å². The van der Waals surface area contributed by atoms with Crippen molar-refractivity contribution < 1.29 is 14.3 Å². The van der Waals surface area contributed by atoms with Gasteiger partial charge in [0.05, 0.1) is 13.7 Å². The number of rotatable bonds is 6. The van der Waals surface area contributed by atoms with Crippen LogP contribution < -0.4 is 21.3 Å². The van der Waals surface area contributed by atoms with Gasteiger partial charge in [0.1, 0.15) is 6.04 Å². The van der Waals surface area contributed by atoms with Gasteiger partial charge in [-0.15, -0.1) is 0 Å². The molecule has 0 spiro atoms. The molecule has 0 saturated carbocycles. The molecule has 1 aromatic rings. The number of anilines is 2. The fraction of sp³-hybridized carbons (Fsp3) is 0.556. The Labute approximate surface area is 104 Å². The third-order valence-corrected chi connectivity index (χ3v) is 1.91. The van der Waals surface area contributed by atoms with Gasteiger partial charge in [0, 0.05) is 0 Å². The molecule has 1 rings (SSSR count). The molecule has 4 N–H and O–H groups in total. The Balaban J connectivity index is 2.79. The summed E-state index contributed by atoms with van der Waals surface area (Å²) in [5.74, 6) is 5.09. The lowest BCUT2D eigenvalue weighted by molar-refractivity contribution is -0.143. The Morgan fingerprint density at radius 2 is 2.06 bits per heavy atom. The number of methoxy groups -OCH3 is 1. The molecule has 0 amide bonds. The molecule has 9 nitrogen and oxygen atoms in total. The molecule has 0 fully saturated rings. The number of nitrogen functional groups attached to an aromatic ring is 1. The molecule has 1 unspecified atom stereocenters. The zero-order valence-electron chi connectivity index (χ0n) is 10.4. The van der Waals surface area contributed by atoms with E-state index in [0.717, 1.165) is 0 Å². The van der Waals surface area contributed by atoms with Crippen LogP contribution in [-0.4, -0.2) is 40.7 Å². The second kappa shape index (κ2) is 6.55. The molecular formula is C9H16N6O3. The van der Waals surface area contributed by atoms with E-state index in [2.05, 4.69) is 25.7 Å². The zero-order chi connectivity index (χ0) is 13.5. The summed E-state index contributed by atoms with van der Waals surface area (Å²) in [6.45, 7) is 3.66. The van der Waals surface area contributed by atoms with Gasteiger partial charge in [0.2, 0.25) is 11.9 Å². The first-order chi connectivity index (χ1) is 8.60. The van der Waals surface area contributed by atoms with Crippen molar-refractivity contribution in [2.75, 3.05) is 24.5 Å². The third-order valence-electron chi connectivity index (χ3n) is 1.91. The molecule has 1 aromatic heterocycles. The van der Waals surface area contributed by atoms with Gasteiger partial charge >= 0.3 is 12.0 Å². The summed E-state index contributed by atoms with van der Waals surface area (Å²) in [7, 11) is 1.41.